The van der Waals surface area contributed by atoms with E-state index in [9.17, 15) is 14.7 Å². The second kappa shape index (κ2) is 11.4. The van der Waals surface area contributed by atoms with Crippen molar-refractivity contribution >= 4 is 39.3 Å². The molecule has 0 spiro atoms. The van der Waals surface area contributed by atoms with Gasteiger partial charge in [0, 0.05) is 0 Å². The molecular weight excluding hydrogens is 560 g/mol. The molecule has 8 nitrogen and oxygen atoms in total. The molecule has 1 atom stereocenters. The molecule has 2 heterocycles. The van der Waals surface area contributed by atoms with Gasteiger partial charge in [-0.1, -0.05) is 23.5 Å². The summed E-state index contributed by atoms with van der Waals surface area (Å²) in [6.45, 7) is 8.32. The van der Waals surface area contributed by atoms with Gasteiger partial charge in [0.2, 0.25) is 0 Å². The summed E-state index contributed by atoms with van der Waals surface area (Å²) >= 11 is 4.54. The summed E-state index contributed by atoms with van der Waals surface area (Å²) in [6.07, 6.45) is 1.73. The summed E-state index contributed by atoms with van der Waals surface area (Å²) in [6, 6.07) is 9.63. The Hall–Kier alpha value is -3.37. The van der Waals surface area contributed by atoms with Gasteiger partial charge < -0.3 is 19.3 Å². The van der Waals surface area contributed by atoms with E-state index in [4.69, 9.17) is 14.2 Å². The quantitative estimate of drug-likeness (QED) is 0.399. The van der Waals surface area contributed by atoms with E-state index in [0.717, 1.165) is 5.56 Å². The van der Waals surface area contributed by atoms with Gasteiger partial charge in [-0.15, -0.1) is 0 Å². The summed E-state index contributed by atoms with van der Waals surface area (Å²) in [7, 11) is 0. The zero-order valence-corrected chi connectivity index (χ0v) is 23.3. The highest BCUT2D eigenvalue weighted by Crippen LogP contribution is 2.36. The molecule has 37 heavy (non-hydrogen) atoms. The number of halogens is 1. The van der Waals surface area contributed by atoms with Crippen molar-refractivity contribution in [2.45, 2.75) is 33.7 Å². The molecule has 1 aliphatic rings. The molecular formula is C27H27BrN2O6S. The SMILES string of the molecule is CCOC(=O)C1=C(C)N=c2s/c(=C\c3ccc(O)c(Br)c3)c(=O)n2[C@H]1c1ccc(OCC)c(OCC)c1. The highest BCUT2D eigenvalue weighted by atomic mass is 79.9. The third-order valence-electron chi connectivity index (χ3n) is 5.67. The minimum absolute atomic E-state index is 0.105. The van der Waals surface area contributed by atoms with Crippen LogP contribution in [0, 0.1) is 0 Å². The molecule has 0 unspecified atom stereocenters. The second-order valence-electron chi connectivity index (χ2n) is 8.09. The van der Waals surface area contributed by atoms with Crippen LogP contribution in [0.1, 0.15) is 44.9 Å². The van der Waals surface area contributed by atoms with Crippen LogP contribution >= 0.6 is 27.3 Å². The van der Waals surface area contributed by atoms with Crippen LogP contribution in [0.3, 0.4) is 0 Å². The molecule has 4 rings (SSSR count). The Morgan fingerprint density at radius 1 is 1.11 bits per heavy atom. The van der Waals surface area contributed by atoms with Gasteiger partial charge in [-0.25, -0.2) is 9.79 Å². The zero-order chi connectivity index (χ0) is 26.7. The van der Waals surface area contributed by atoms with Gasteiger partial charge in [0.15, 0.2) is 16.3 Å². The monoisotopic (exact) mass is 586 g/mol. The number of phenols is 1. The van der Waals surface area contributed by atoms with Crippen LogP contribution in [-0.2, 0) is 9.53 Å². The number of rotatable bonds is 8. The van der Waals surface area contributed by atoms with Crippen molar-refractivity contribution in [3.63, 3.8) is 0 Å². The molecule has 0 aliphatic carbocycles. The van der Waals surface area contributed by atoms with Crippen LogP contribution in [0.15, 0.2) is 61.9 Å². The van der Waals surface area contributed by atoms with E-state index in [1.54, 1.807) is 50.3 Å². The number of hydrogen-bond acceptors (Lipinski definition) is 8. The molecule has 0 amide bonds. The maximum absolute atomic E-state index is 13.8. The molecule has 3 aromatic rings. The van der Waals surface area contributed by atoms with Gasteiger partial charge in [0.05, 0.1) is 46.1 Å². The number of aromatic nitrogens is 1. The van der Waals surface area contributed by atoms with Crippen molar-refractivity contribution in [3.05, 3.63) is 83.0 Å². The highest BCUT2D eigenvalue weighted by molar-refractivity contribution is 9.10. The number of fused-ring (bicyclic) bond motifs is 1. The fourth-order valence-corrected chi connectivity index (χ4v) is 5.55. The van der Waals surface area contributed by atoms with Gasteiger partial charge in [-0.3, -0.25) is 9.36 Å². The van der Waals surface area contributed by atoms with Crippen LogP contribution in [0.4, 0.5) is 0 Å². The maximum Gasteiger partial charge on any atom is 0.338 e. The molecule has 0 radical (unpaired) electrons. The number of allylic oxidation sites excluding steroid dienone is 1. The van der Waals surface area contributed by atoms with E-state index < -0.39 is 12.0 Å². The van der Waals surface area contributed by atoms with Gasteiger partial charge in [-0.2, -0.15) is 0 Å². The number of aromatic hydroxyl groups is 1. The van der Waals surface area contributed by atoms with Crippen molar-refractivity contribution in [1.82, 2.24) is 4.57 Å². The molecule has 0 bridgehead atoms. The Morgan fingerprint density at radius 3 is 2.51 bits per heavy atom. The van der Waals surface area contributed by atoms with E-state index in [2.05, 4.69) is 20.9 Å². The number of carbonyl (C=O) groups excluding carboxylic acids is 1. The summed E-state index contributed by atoms with van der Waals surface area (Å²) in [5.41, 5.74) is 1.88. The van der Waals surface area contributed by atoms with Crippen LogP contribution in [0.2, 0.25) is 0 Å². The first-order chi connectivity index (χ1) is 17.8. The third-order valence-corrected chi connectivity index (χ3v) is 7.29. The third kappa shape index (κ3) is 5.35. The van der Waals surface area contributed by atoms with Gasteiger partial charge in [-0.05, 0) is 85.1 Å². The van der Waals surface area contributed by atoms with E-state index in [0.29, 0.717) is 55.4 Å². The van der Waals surface area contributed by atoms with Crippen LogP contribution < -0.4 is 24.4 Å². The number of esters is 1. The Balaban J connectivity index is 1.95. The number of hydrogen-bond donors (Lipinski definition) is 1. The average molecular weight is 587 g/mol. The number of ether oxygens (including phenoxy) is 3. The van der Waals surface area contributed by atoms with Crippen LogP contribution in [-0.4, -0.2) is 35.5 Å². The van der Waals surface area contributed by atoms with Crippen molar-refractivity contribution in [2.75, 3.05) is 19.8 Å². The molecule has 1 N–H and O–H groups in total. The fraction of sp³-hybridized carbons (Fsp3) is 0.296. The molecule has 1 aromatic heterocycles. The van der Waals surface area contributed by atoms with Gasteiger partial charge in [0.25, 0.3) is 5.56 Å². The summed E-state index contributed by atoms with van der Waals surface area (Å²) in [5, 5.41) is 9.82. The summed E-state index contributed by atoms with van der Waals surface area (Å²) in [5.74, 6) is 0.679. The van der Waals surface area contributed by atoms with Crippen molar-refractivity contribution in [3.8, 4) is 17.2 Å². The summed E-state index contributed by atoms with van der Waals surface area (Å²) < 4.78 is 19.4. The summed E-state index contributed by atoms with van der Waals surface area (Å²) in [4.78, 5) is 31.9. The molecule has 2 aromatic carbocycles. The molecule has 0 fully saturated rings. The first-order valence-electron chi connectivity index (χ1n) is 11.9. The molecule has 10 heteroatoms. The minimum Gasteiger partial charge on any atom is -0.507 e. The van der Waals surface area contributed by atoms with Gasteiger partial charge >= 0.3 is 5.97 Å². The number of nitrogens with zero attached hydrogens (tertiary/aromatic N) is 2. The van der Waals surface area contributed by atoms with E-state index >= 15 is 0 Å². The fourth-order valence-electron chi connectivity index (χ4n) is 4.11. The number of thiazole rings is 1. The maximum atomic E-state index is 13.8. The van der Waals surface area contributed by atoms with E-state index in [1.807, 2.05) is 19.9 Å². The van der Waals surface area contributed by atoms with E-state index in [1.165, 1.54) is 15.9 Å². The highest BCUT2D eigenvalue weighted by Gasteiger charge is 2.34. The molecule has 0 saturated heterocycles. The number of carbonyl (C=O) groups is 1. The van der Waals surface area contributed by atoms with Gasteiger partial charge in [0.1, 0.15) is 5.75 Å². The average Bonchev–Trinajstić information content (AvgIpc) is 3.16. The molecule has 0 saturated carbocycles. The molecule has 194 valence electrons. The Bertz CT molecular complexity index is 1560. The predicted octanol–water partition coefficient (Wildman–Crippen LogP) is 4.06. The lowest BCUT2D eigenvalue weighted by atomic mass is 9.95. The van der Waals surface area contributed by atoms with Crippen molar-refractivity contribution in [2.24, 2.45) is 4.99 Å². The van der Waals surface area contributed by atoms with Crippen LogP contribution in [0.5, 0.6) is 17.2 Å². The topological polar surface area (TPSA) is 99.4 Å². The van der Waals surface area contributed by atoms with Crippen molar-refractivity contribution < 1.29 is 24.1 Å². The normalized spacial score (nSPS) is 15.3. The van der Waals surface area contributed by atoms with Crippen LogP contribution in [0.25, 0.3) is 6.08 Å². The van der Waals surface area contributed by atoms with Crippen molar-refractivity contribution in [1.29, 1.82) is 0 Å². The number of phenolic OH excluding ortho intramolecular Hbond substituents is 1. The standard InChI is InChI=1S/C27H27BrN2O6S/c1-5-34-20-11-9-17(14-21(20)35-6-2)24-23(26(33)36-7-3)15(4)29-27-30(24)25(32)22(37-27)13-16-8-10-19(31)18(28)12-16/h8-14,24,31H,5-7H2,1-4H3/b22-13-/t24-/m0/s1. The lowest BCUT2D eigenvalue weighted by Crippen LogP contribution is -2.40. The predicted molar refractivity (Wildman–Crippen MR) is 145 cm³/mol. The number of benzene rings is 2. The zero-order valence-electron chi connectivity index (χ0n) is 20.9. The van der Waals surface area contributed by atoms with E-state index in [-0.39, 0.29) is 17.9 Å². The Labute approximate surface area is 226 Å². The Kier molecular flexibility index (Phi) is 8.19. The second-order valence-corrected chi connectivity index (χ2v) is 9.95. The minimum atomic E-state index is -0.765. The lowest BCUT2D eigenvalue weighted by molar-refractivity contribution is -0.139. The first kappa shape index (κ1) is 26.7. The largest absolute Gasteiger partial charge is 0.507 e. The Morgan fingerprint density at radius 2 is 1.84 bits per heavy atom. The first-order valence-corrected chi connectivity index (χ1v) is 13.5. The lowest BCUT2D eigenvalue weighted by Gasteiger charge is -2.25. The smallest absolute Gasteiger partial charge is 0.338 e. The molecule has 1 aliphatic heterocycles.